The lowest BCUT2D eigenvalue weighted by molar-refractivity contribution is 0.225. The maximum Gasteiger partial charge on any atom is 0.319 e. The van der Waals surface area contributed by atoms with Gasteiger partial charge < -0.3 is 14.8 Å². The van der Waals surface area contributed by atoms with Crippen LogP contribution in [0.3, 0.4) is 0 Å². The van der Waals surface area contributed by atoms with Crippen LogP contribution in [0.25, 0.3) is 0 Å². The van der Waals surface area contributed by atoms with Gasteiger partial charge in [-0.2, -0.15) is 0 Å². The Balaban J connectivity index is 2.30. The average molecular weight is 222 g/mol. The normalized spacial score (nSPS) is 13.0. The number of aromatic nitrogens is 1. The van der Waals surface area contributed by atoms with Gasteiger partial charge in [-0.25, -0.2) is 4.98 Å². The zero-order valence-electron chi connectivity index (χ0n) is 7.15. The molecule has 0 amide bonds. The van der Waals surface area contributed by atoms with Gasteiger partial charge in [0, 0.05) is 5.38 Å². The third-order valence-electron chi connectivity index (χ3n) is 1.17. The Bertz CT molecular complexity index is 291. The lowest BCUT2D eigenvalue weighted by Crippen LogP contribution is -1.89. The number of nitrogen functional groups attached to an aromatic ring is 1. The Kier molecular flexibility index (Phi) is 4.38. The molecular weight excluding hydrogens is 211 g/mol. The summed E-state index contributed by atoms with van der Waals surface area (Å²) >= 11 is 1.32. The molecule has 0 saturated heterocycles. The Morgan fingerprint density at radius 1 is 1.69 bits per heavy atom. The molecule has 5 nitrogen and oxygen atoms in total. The number of nitrogens with two attached hydrogens (primary N) is 1. The van der Waals surface area contributed by atoms with E-state index in [0.29, 0.717) is 17.4 Å². The van der Waals surface area contributed by atoms with E-state index >= 15 is 0 Å². The number of anilines is 1. The van der Waals surface area contributed by atoms with Crippen molar-refractivity contribution < 1.29 is 13.6 Å². The van der Waals surface area contributed by atoms with Gasteiger partial charge >= 0.3 is 8.25 Å². The van der Waals surface area contributed by atoms with Gasteiger partial charge in [0.05, 0.1) is 18.9 Å². The number of thiazole rings is 1. The van der Waals surface area contributed by atoms with Gasteiger partial charge in [-0.3, -0.25) is 4.57 Å². The molecule has 7 heteroatoms. The molecule has 1 aromatic rings. The van der Waals surface area contributed by atoms with Crippen molar-refractivity contribution in [1.29, 1.82) is 0 Å². The van der Waals surface area contributed by atoms with Gasteiger partial charge in [0.25, 0.3) is 0 Å². The summed E-state index contributed by atoms with van der Waals surface area (Å²) in [6.45, 7) is 2.33. The fourth-order valence-corrected chi connectivity index (χ4v) is 1.81. The molecule has 1 heterocycles. The highest BCUT2D eigenvalue weighted by molar-refractivity contribution is 7.33. The third kappa shape index (κ3) is 3.87. The van der Waals surface area contributed by atoms with E-state index < -0.39 is 8.25 Å². The van der Waals surface area contributed by atoms with Crippen LogP contribution in [0.5, 0.6) is 0 Å². The Hall–Kier alpha value is -0.420. The van der Waals surface area contributed by atoms with Gasteiger partial charge in [-0.05, 0) is 6.92 Å². The SMILES string of the molecule is CCO[PH](=O)OCc1csc(N)n1. The molecule has 13 heavy (non-hydrogen) atoms. The zero-order chi connectivity index (χ0) is 9.68. The van der Waals surface area contributed by atoms with Gasteiger partial charge in [-0.15, -0.1) is 11.3 Å². The molecule has 1 atom stereocenters. The second kappa shape index (κ2) is 5.34. The van der Waals surface area contributed by atoms with Gasteiger partial charge in [0.2, 0.25) is 0 Å². The van der Waals surface area contributed by atoms with Gasteiger partial charge in [-0.1, -0.05) is 0 Å². The maximum atomic E-state index is 10.9. The van der Waals surface area contributed by atoms with Crippen molar-refractivity contribution in [2.45, 2.75) is 13.5 Å². The summed E-state index contributed by atoms with van der Waals surface area (Å²) in [4.78, 5) is 3.94. The van der Waals surface area contributed by atoms with E-state index in [9.17, 15) is 4.57 Å². The van der Waals surface area contributed by atoms with Crippen molar-refractivity contribution in [2.75, 3.05) is 12.3 Å². The van der Waals surface area contributed by atoms with Crippen LogP contribution in [-0.2, 0) is 20.2 Å². The van der Waals surface area contributed by atoms with Crippen molar-refractivity contribution in [3.63, 3.8) is 0 Å². The highest BCUT2D eigenvalue weighted by atomic mass is 32.1. The van der Waals surface area contributed by atoms with Crippen LogP contribution in [0.15, 0.2) is 5.38 Å². The van der Waals surface area contributed by atoms with Crippen molar-refractivity contribution in [3.05, 3.63) is 11.1 Å². The van der Waals surface area contributed by atoms with Crippen LogP contribution in [0.4, 0.5) is 5.13 Å². The fraction of sp³-hybridized carbons (Fsp3) is 0.500. The van der Waals surface area contributed by atoms with Crippen LogP contribution >= 0.6 is 19.6 Å². The quantitative estimate of drug-likeness (QED) is 0.767. The summed E-state index contributed by atoms with van der Waals surface area (Å²) in [6, 6.07) is 0. The first-order valence-electron chi connectivity index (χ1n) is 3.71. The van der Waals surface area contributed by atoms with Crippen molar-refractivity contribution >= 4 is 24.7 Å². The smallest absolute Gasteiger partial charge is 0.319 e. The van der Waals surface area contributed by atoms with Crippen molar-refractivity contribution in [1.82, 2.24) is 4.98 Å². The Labute approximate surface area is 80.8 Å². The molecule has 0 aromatic carbocycles. The highest BCUT2D eigenvalue weighted by Crippen LogP contribution is 2.25. The molecule has 0 aliphatic carbocycles. The maximum absolute atomic E-state index is 10.9. The van der Waals surface area contributed by atoms with Gasteiger partial charge in [0.15, 0.2) is 5.13 Å². The van der Waals surface area contributed by atoms with Crippen LogP contribution in [-0.4, -0.2) is 11.6 Å². The van der Waals surface area contributed by atoms with E-state index in [4.69, 9.17) is 14.8 Å². The summed E-state index contributed by atoms with van der Waals surface area (Å²) < 4.78 is 20.5. The molecule has 0 bridgehead atoms. The monoisotopic (exact) mass is 222 g/mol. The van der Waals surface area contributed by atoms with E-state index in [1.807, 2.05) is 0 Å². The van der Waals surface area contributed by atoms with Crippen LogP contribution in [0.2, 0.25) is 0 Å². The van der Waals surface area contributed by atoms with Crippen molar-refractivity contribution in [2.24, 2.45) is 0 Å². The molecule has 0 saturated carbocycles. The first-order chi connectivity index (χ1) is 6.22. The molecule has 1 unspecified atom stereocenters. The predicted molar refractivity (Wildman–Crippen MR) is 51.9 cm³/mol. The minimum absolute atomic E-state index is 0.186. The molecule has 2 N–H and O–H groups in total. The van der Waals surface area contributed by atoms with Crippen LogP contribution in [0.1, 0.15) is 12.6 Å². The number of rotatable bonds is 5. The molecule has 0 aliphatic heterocycles. The van der Waals surface area contributed by atoms with Gasteiger partial charge in [0.1, 0.15) is 0 Å². The predicted octanol–water partition coefficient (Wildman–Crippen LogP) is 1.67. The minimum atomic E-state index is -2.36. The van der Waals surface area contributed by atoms with E-state index in [-0.39, 0.29) is 6.61 Å². The largest absolute Gasteiger partial charge is 0.375 e. The van der Waals surface area contributed by atoms with E-state index in [1.54, 1.807) is 12.3 Å². The number of hydrogen-bond donors (Lipinski definition) is 1. The lowest BCUT2D eigenvalue weighted by Gasteiger charge is -2.00. The zero-order valence-corrected chi connectivity index (χ0v) is 8.97. The molecule has 0 spiro atoms. The van der Waals surface area contributed by atoms with E-state index in [1.165, 1.54) is 11.3 Å². The van der Waals surface area contributed by atoms with Crippen molar-refractivity contribution in [3.8, 4) is 0 Å². The standard InChI is InChI=1S/C6H11N2O3PS/c1-2-10-12(9)11-3-5-4-13-6(7)8-5/h4,12H,2-3H2,1H3,(H2,7,8). The summed E-state index contributed by atoms with van der Waals surface area (Å²) in [5.74, 6) is 0. The molecule has 0 fully saturated rings. The lowest BCUT2D eigenvalue weighted by atomic mass is 10.5. The second-order valence-corrected chi connectivity index (χ2v) is 4.12. The highest BCUT2D eigenvalue weighted by Gasteiger charge is 2.02. The van der Waals surface area contributed by atoms with Crippen LogP contribution < -0.4 is 5.73 Å². The first-order valence-corrected chi connectivity index (χ1v) is 5.82. The molecule has 74 valence electrons. The third-order valence-corrected chi connectivity index (χ3v) is 2.80. The molecule has 1 aromatic heterocycles. The number of nitrogens with zero attached hydrogens (tertiary/aromatic N) is 1. The Morgan fingerprint density at radius 2 is 2.46 bits per heavy atom. The fourth-order valence-electron chi connectivity index (χ4n) is 0.681. The van der Waals surface area contributed by atoms with E-state index in [0.717, 1.165) is 0 Å². The molecule has 0 radical (unpaired) electrons. The summed E-state index contributed by atoms with van der Waals surface area (Å²) in [7, 11) is -2.36. The minimum Gasteiger partial charge on any atom is -0.375 e. The second-order valence-electron chi connectivity index (χ2n) is 2.15. The molecular formula is C6H11N2O3PS. The van der Waals surface area contributed by atoms with Crippen LogP contribution in [0, 0.1) is 0 Å². The first kappa shape index (κ1) is 10.7. The molecule has 1 rings (SSSR count). The summed E-state index contributed by atoms with van der Waals surface area (Å²) in [6.07, 6.45) is 0. The average Bonchev–Trinajstić information content (AvgIpc) is 2.49. The Morgan fingerprint density at radius 3 is 3.00 bits per heavy atom. The topological polar surface area (TPSA) is 74.4 Å². The summed E-state index contributed by atoms with van der Waals surface area (Å²) in [5.41, 5.74) is 6.08. The summed E-state index contributed by atoms with van der Waals surface area (Å²) in [5, 5.41) is 2.24. The number of hydrogen-bond acceptors (Lipinski definition) is 6. The molecule has 0 aliphatic rings. The van der Waals surface area contributed by atoms with E-state index in [2.05, 4.69) is 4.98 Å².